The number of pyridine rings is 1. The fourth-order valence-corrected chi connectivity index (χ4v) is 7.80. The van der Waals surface area contributed by atoms with Crippen LogP contribution in [-0.2, 0) is 47.2 Å². The number of phenolic OH excluding ortho intramolecular Hbond substituents is 1. The highest BCUT2D eigenvalue weighted by Gasteiger charge is 2.51. The molecule has 54 heavy (non-hydrogen) atoms. The smallest absolute Gasteiger partial charge is 0.246 e. The zero-order valence-electron chi connectivity index (χ0n) is 30.4. The number of hydrazine groups is 1. The average molecular weight is 725 g/mol. The lowest BCUT2D eigenvalue weighted by molar-refractivity contribution is -0.205. The molecule has 3 aromatic carbocycles. The summed E-state index contributed by atoms with van der Waals surface area (Å²) in [4.78, 5) is 64.1. The summed E-state index contributed by atoms with van der Waals surface area (Å²) >= 11 is 0. The van der Waals surface area contributed by atoms with Gasteiger partial charge in [-0.25, -0.2) is 10.0 Å². The Bertz CT molecular complexity index is 2170. The SMILES string of the molecule is C=CCN1CC(=O)N2[C@@H](Cc3ccc(O)cc3)C(=O)N(Cc3cccc4c(C(=O)CCc5ccccn5)cn(C)c34)C[C@@H]2N1C(=O)CCc1ccccc1. The maximum atomic E-state index is 14.6. The van der Waals surface area contributed by atoms with Crippen molar-refractivity contribution in [2.75, 3.05) is 19.6 Å². The predicted molar refractivity (Wildman–Crippen MR) is 205 cm³/mol. The number of aryl methyl sites for hydroxylation is 3. The van der Waals surface area contributed by atoms with Gasteiger partial charge in [-0.15, -0.1) is 6.58 Å². The van der Waals surface area contributed by atoms with Gasteiger partial charge in [0.2, 0.25) is 17.7 Å². The Balaban J connectivity index is 1.22. The second-order valence-corrected chi connectivity index (χ2v) is 14.0. The molecule has 11 nitrogen and oxygen atoms in total. The van der Waals surface area contributed by atoms with E-state index in [2.05, 4.69) is 11.6 Å². The molecule has 1 N–H and O–H groups in total. The third kappa shape index (κ3) is 7.53. The third-order valence-corrected chi connectivity index (χ3v) is 10.3. The molecule has 2 aliphatic rings. The summed E-state index contributed by atoms with van der Waals surface area (Å²) in [6, 6.07) is 27.0. The fourth-order valence-electron chi connectivity index (χ4n) is 7.80. The summed E-state index contributed by atoms with van der Waals surface area (Å²) in [5.41, 5.74) is 4.95. The highest BCUT2D eigenvalue weighted by molar-refractivity contribution is 6.08. The minimum atomic E-state index is -0.896. The van der Waals surface area contributed by atoms with E-state index in [4.69, 9.17) is 0 Å². The fraction of sp³-hybridized carbons (Fsp3) is 0.279. The van der Waals surface area contributed by atoms with E-state index in [1.165, 1.54) is 0 Å². The Morgan fingerprint density at radius 1 is 0.907 bits per heavy atom. The summed E-state index contributed by atoms with van der Waals surface area (Å²) in [5, 5.41) is 14.2. The molecule has 11 heteroatoms. The van der Waals surface area contributed by atoms with Gasteiger partial charge in [-0.2, -0.15) is 0 Å². The maximum absolute atomic E-state index is 14.6. The topological polar surface area (TPSA) is 119 Å². The van der Waals surface area contributed by atoms with Crippen LogP contribution >= 0.6 is 0 Å². The lowest BCUT2D eigenvalue weighted by Gasteiger charge is -2.55. The summed E-state index contributed by atoms with van der Waals surface area (Å²) in [6.07, 6.45) is 6.27. The molecule has 0 radical (unpaired) electrons. The minimum absolute atomic E-state index is 0.00902. The number of carbonyl (C=O) groups excluding carboxylic acids is 4. The molecule has 2 fully saturated rings. The molecule has 0 aliphatic carbocycles. The zero-order valence-corrected chi connectivity index (χ0v) is 30.4. The Kier molecular flexibility index (Phi) is 10.7. The van der Waals surface area contributed by atoms with E-state index in [-0.39, 0.29) is 68.3 Å². The van der Waals surface area contributed by atoms with E-state index in [1.807, 2.05) is 84.5 Å². The van der Waals surface area contributed by atoms with Crippen molar-refractivity contribution in [1.29, 1.82) is 0 Å². The number of aromatic hydroxyl groups is 1. The predicted octanol–water partition coefficient (Wildman–Crippen LogP) is 5.08. The number of fused-ring (bicyclic) bond motifs is 2. The average Bonchev–Trinajstić information content (AvgIpc) is 3.53. The van der Waals surface area contributed by atoms with Gasteiger partial charge in [0.05, 0.1) is 18.6 Å². The molecule has 2 saturated heterocycles. The number of carbonyl (C=O) groups is 4. The van der Waals surface area contributed by atoms with Gasteiger partial charge < -0.3 is 19.5 Å². The molecule has 4 heterocycles. The van der Waals surface area contributed by atoms with Crippen molar-refractivity contribution in [2.45, 2.75) is 50.9 Å². The molecular weight excluding hydrogens is 681 g/mol. The van der Waals surface area contributed by atoms with Gasteiger partial charge in [-0.3, -0.25) is 24.2 Å². The quantitative estimate of drug-likeness (QED) is 0.133. The van der Waals surface area contributed by atoms with E-state index in [0.717, 1.165) is 33.3 Å². The van der Waals surface area contributed by atoms with E-state index in [0.29, 0.717) is 24.8 Å². The summed E-state index contributed by atoms with van der Waals surface area (Å²) < 4.78 is 1.93. The van der Waals surface area contributed by atoms with Gasteiger partial charge in [0.1, 0.15) is 18.0 Å². The lowest BCUT2D eigenvalue weighted by Crippen LogP contribution is -2.75. The number of aromatic nitrogens is 2. The Morgan fingerprint density at radius 2 is 1.69 bits per heavy atom. The van der Waals surface area contributed by atoms with Crippen LogP contribution in [-0.4, -0.2) is 89.8 Å². The third-order valence-electron chi connectivity index (χ3n) is 10.3. The number of rotatable bonds is 13. The number of piperazine rings is 1. The number of para-hydroxylation sites is 1. The Morgan fingerprint density at radius 3 is 2.43 bits per heavy atom. The van der Waals surface area contributed by atoms with Crippen LogP contribution in [0.4, 0.5) is 0 Å². The van der Waals surface area contributed by atoms with E-state index in [1.54, 1.807) is 56.4 Å². The van der Waals surface area contributed by atoms with Crippen LogP contribution in [0, 0.1) is 0 Å². The van der Waals surface area contributed by atoms with Gasteiger partial charge in [-0.1, -0.05) is 72.8 Å². The largest absolute Gasteiger partial charge is 0.508 e. The number of ketones is 1. The normalized spacial score (nSPS) is 17.5. The van der Waals surface area contributed by atoms with Gasteiger partial charge >= 0.3 is 0 Å². The molecule has 2 atom stereocenters. The molecule has 2 aliphatic heterocycles. The van der Waals surface area contributed by atoms with E-state index < -0.39 is 12.2 Å². The molecule has 0 saturated carbocycles. The second-order valence-electron chi connectivity index (χ2n) is 14.0. The number of hydrogen-bond donors (Lipinski definition) is 1. The second kappa shape index (κ2) is 15.9. The van der Waals surface area contributed by atoms with Crippen molar-refractivity contribution in [2.24, 2.45) is 7.05 Å². The highest BCUT2D eigenvalue weighted by Crippen LogP contribution is 2.32. The molecule has 7 rings (SSSR count). The van der Waals surface area contributed by atoms with E-state index in [9.17, 15) is 24.3 Å². The van der Waals surface area contributed by atoms with Gasteiger partial charge in [-0.05, 0) is 53.8 Å². The van der Waals surface area contributed by atoms with Gasteiger partial charge in [0, 0.05) is 68.4 Å². The summed E-state index contributed by atoms with van der Waals surface area (Å²) in [5.74, 6) is -0.527. The Hall–Kier alpha value is -6.07. The summed E-state index contributed by atoms with van der Waals surface area (Å²) in [6.45, 7) is 4.40. The lowest BCUT2D eigenvalue weighted by atomic mass is 9.97. The Labute approximate surface area is 314 Å². The number of phenols is 1. The molecule has 2 aromatic heterocycles. The minimum Gasteiger partial charge on any atom is -0.508 e. The van der Waals surface area contributed by atoms with Crippen LogP contribution in [0.2, 0.25) is 0 Å². The first kappa shape index (κ1) is 36.3. The van der Waals surface area contributed by atoms with Gasteiger partial charge in [0.25, 0.3) is 0 Å². The van der Waals surface area contributed by atoms with Crippen LogP contribution in [0.5, 0.6) is 5.75 Å². The first-order valence-corrected chi connectivity index (χ1v) is 18.3. The number of Topliss-reactive ketones (excluding diaryl/α,β-unsaturated/α-hetero) is 1. The van der Waals surface area contributed by atoms with Crippen molar-refractivity contribution in [3.63, 3.8) is 0 Å². The molecule has 0 bridgehead atoms. The van der Waals surface area contributed by atoms with Crippen molar-refractivity contribution < 1.29 is 24.3 Å². The molecule has 276 valence electrons. The molecule has 0 unspecified atom stereocenters. The number of benzene rings is 3. The van der Waals surface area contributed by atoms with Crippen molar-refractivity contribution in [3.05, 3.63) is 144 Å². The maximum Gasteiger partial charge on any atom is 0.246 e. The zero-order chi connectivity index (χ0) is 37.8. The van der Waals surface area contributed by atoms with Crippen molar-refractivity contribution >= 4 is 34.4 Å². The van der Waals surface area contributed by atoms with Crippen molar-refractivity contribution in [3.8, 4) is 5.75 Å². The molecular formula is C43H44N6O5. The number of amides is 3. The highest BCUT2D eigenvalue weighted by atomic mass is 16.3. The van der Waals surface area contributed by atoms with Crippen LogP contribution in [0.3, 0.4) is 0 Å². The van der Waals surface area contributed by atoms with Crippen LogP contribution < -0.4 is 0 Å². The monoisotopic (exact) mass is 724 g/mol. The first-order chi connectivity index (χ1) is 26.2. The first-order valence-electron chi connectivity index (χ1n) is 18.3. The standard InChI is InChI=1S/C43H44N6O5/c1-3-24-47-29-41(53)48-37(25-31-15-19-34(50)20-16-31)43(54)46(28-39(48)49(47)40(52)22-17-30-10-5-4-6-11-30)26-32-12-9-14-35-36(27-45(2)42(32)35)38(51)21-18-33-13-7-8-23-44-33/h3-16,19-20,23,27,37,39,50H,1,17-18,21-22,24-26,28-29H2,2H3/t37-,39-/m0/s1. The number of hydrogen-bond acceptors (Lipinski definition) is 7. The molecule has 3 amide bonds. The van der Waals surface area contributed by atoms with Crippen LogP contribution in [0.15, 0.2) is 116 Å². The van der Waals surface area contributed by atoms with E-state index >= 15 is 0 Å². The molecule has 0 spiro atoms. The van der Waals surface area contributed by atoms with Crippen molar-refractivity contribution in [1.82, 2.24) is 29.4 Å². The number of nitrogens with zero attached hydrogens (tertiary/aromatic N) is 6. The van der Waals surface area contributed by atoms with Crippen LogP contribution in [0.1, 0.15) is 45.6 Å². The van der Waals surface area contributed by atoms with Crippen LogP contribution in [0.25, 0.3) is 10.9 Å². The molecule has 5 aromatic rings. The summed E-state index contributed by atoms with van der Waals surface area (Å²) in [7, 11) is 1.90. The van der Waals surface area contributed by atoms with Gasteiger partial charge in [0.15, 0.2) is 5.78 Å².